The first-order valence-corrected chi connectivity index (χ1v) is 9.72. The maximum Gasteiger partial charge on any atom is 0.310 e. The Morgan fingerprint density at radius 1 is 1.42 bits per heavy atom. The van der Waals surface area contributed by atoms with Crippen LogP contribution in [0.25, 0.3) is 11.0 Å². The monoisotopic (exact) mass is 422 g/mol. The lowest BCUT2D eigenvalue weighted by molar-refractivity contribution is -0.152. The number of ether oxygens (including phenoxy) is 1. The molecule has 0 bridgehead atoms. The molecule has 0 aromatic carbocycles. The lowest BCUT2D eigenvalue weighted by Gasteiger charge is -2.31. The van der Waals surface area contributed by atoms with Crippen LogP contribution in [0, 0.1) is 12.8 Å². The molecule has 0 aliphatic carbocycles. The molecule has 1 fully saturated rings. The van der Waals surface area contributed by atoms with Gasteiger partial charge in [-0.2, -0.15) is 5.10 Å². The number of amides is 1. The van der Waals surface area contributed by atoms with E-state index in [0.29, 0.717) is 19.5 Å². The van der Waals surface area contributed by atoms with E-state index in [2.05, 4.69) is 26.0 Å². The highest BCUT2D eigenvalue weighted by molar-refractivity contribution is 9.10. The molecule has 1 amide bonds. The van der Waals surface area contributed by atoms with Crippen LogP contribution in [0.2, 0.25) is 0 Å². The number of rotatable bonds is 5. The predicted octanol–water partition coefficient (Wildman–Crippen LogP) is 2.69. The van der Waals surface area contributed by atoms with E-state index in [1.54, 1.807) is 15.8 Å². The number of halogens is 1. The number of hydrogen-bond acceptors (Lipinski definition) is 5. The van der Waals surface area contributed by atoms with Gasteiger partial charge in [0.15, 0.2) is 5.65 Å². The van der Waals surface area contributed by atoms with Gasteiger partial charge in [-0.3, -0.25) is 9.59 Å². The van der Waals surface area contributed by atoms with Crippen molar-refractivity contribution in [3.05, 3.63) is 22.4 Å². The summed E-state index contributed by atoms with van der Waals surface area (Å²) in [5.74, 6) is -0.370. The van der Waals surface area contributed by atoms with Gasteiger partial charge in [0.25, 0.3) is 0 Å². The van der Waals surface area contributed by atoms with Gasteiger partial charge in [0.05, 0.1) is 18.2 Å². The quantitative estimate of drug-likeness (QED) is 0.692. The van der Waals surface area contributed by atoms with E-state index in [0.717, 1.165) is 40.6 Å². The van der Waals surface area contributed by atoms with Gasteiger partial charge in [0.1, 0.15) is 6.61 Å². The molecule has 0 spiro atoms. The standard InChI is InChI=1S/C18H23BrN4O3/c1-3-16(24)22-6-4-5-13(11-22)18(25)26-8-7-23-17-15(12(2)21-23)9-14(19)10-20-17/h9-10,13H,3-8,11H2,1-2H3. The van der Waals surface area contributed by atoms with Gasteiger partial charge >= 0.3 is 5.97 Å². The number of hydrogen-bond donors (Lipinski definition) is 0. The number of carbonyl (C=O) groups excluding carboxylic acids is 2. The van der Waals surface area contributed by atoms with E-state index in [1.807, 2.05) is 19.9 Å². The lowest BCUT2D eigenvalue weighted by Crippen LogP contribution is -2.42. The second kappa shape index (κ2) is 8.16. The smallest absolute Gasteiger partial charge is 0.310 e. The Labute approximate surface area is 160 Å². The topological polar surface area (TPSA) is 77.3 Å². The number of esters is 1. The van der Waals surface area contributed by atoms with Gasteiger partial charge in [0, 0.05) is 35.6 Å². The molecule has 3 heterocycles. The van der Waals surface area contributed by atoms with Crippen LogP contribution >= 0.6 is 15.9 Å². The van der Waals surface area contributed by atoms with Gasteiger partial charge in [0.2, 0.25) is 5.91 Å². The fourth-order valence-corrected chi connectivity index (χ4v) is 3.64. The molecule has 140 valence electrons. The van der Waals surface area contributed by atoms with Gasteiger partial charge < -0.3 is 9.64 Å². The van der Waals surface area contributed by atoms with Crippen molar-refractivity contribution in [2.75, 3.05) is 19.7 Å². The largest absolute Gasteiger partial charge is 0.463 e. The second-order valence-electron chi connectivity index (χ2n) is 6.53. The highest BCUT2D eigenvalue weighted by Gasteiger charge is 2.28. The van der Waals surface area contributed by atoms with Crippen LogP contribution in [0.4, 0.5) is 0 Å². The number of fused-ring (bicyclic) bond motifs is 1. The van der Waals surface area contributed by atoms with Crippen molar-refractivity contribution in [2.24, 2.45) is 5.92 Å². The minimum absolute atomic E-state index is 0.0956. The number of aryl methyl sites for hydroxylation is 1. The third kappa shape index (κ3) is 4.06. The van der Waals surface area contributed by atoms with Crippen LogP contribution in [0.3, 0.4) is 0 Å². The Morgan fingerprint density at radius 2 is 2.23 bits per heavy atom. The van der Waals surface area contributed by atoms with Crippen molar-refractivity contribution in [1.29, 1.82) is 0 Å². The molecule has 1 saturated heterocycles. The number of nitrogens with zero attached hydrogens (tertiary/aromatic N) is 4. The number of carbonyl (C=O) groups is 2. The fourth-order valence-electron chi connectivity index (χ4n) is 3.31. The Morgan fingerprint density at radius 3 is 3.00 bits per heavy atom. The van der Waals surface area contributed by atoms with E-state index in [-0.39, 0.29) is 24.4 Å². The van der Waals surface area contributed by atoms with E-state index in [1.165, 1.54) is 0 Å². The first-order valence-electron chi connectivity index (χ1n) is 8.92. The molecule has 2 aromatic heterocycles. The molecular weight excluding hydrogens is 400 g/mol. The number of piperidine rings is 1. The van der Waals surface area contributed by atoms with Gasteiger partial charge in [-0.25, -0.2) is 9.67 Å². The molecule has 26 heavy (non-hydrogen) atoms. The normalized spacial score (nSPS) is 17.5. The lowest BCUT2D eigenvalue weighted by atomic mass is 9.98. The Kier molecular flexibility index (Phi) is 5.90. The van der Waals surface area contributed by atoms with Crippen molar-refractivity contribution >= 4 is 38.8 Å². The number of likely N-dealkylation sites (tertiary alicyclic amines) is 1. The maximum atomic E-state index is 12.3. The Bertz CT molecular complexity index is 820. The second-order valence-corrected chi connectivity index (χ2v) is 7.45. The average Bonchev–Trinajstić information content (AvgIpc) is 2.96. The first kappa shape index (κ1) is 18.8. The minimum atomic E-state index is -0.234. The zero-order valence-corrected chi connectivity index (χ0v) is 16.7. The summed E-state index contributed by atoms with van der Waals surface area (Å²) in [6.07, 6.45) is 3.81. The van der Waals surface area contributed by atoms with Gasteiger partial charge in [-0.1, -0.05) is 6.92 Å². The zero-order valence-electron chi connectivity index (χ0n) is 15.1. The zero-order chi connectivity index (χ0) is 18.7. The summed E-state index contributed by atoms with van der Waals surface area (Å²) < 4.78 is 8.12. The van der Waals surface area contributed by atoms with Crippen LogP contribution in [0.15, 0.2) is 16.7 Å². The van der Waals surface area contributed by atoms with E-state index in [4.69, 9.17) is 4.74 Å². The molecule has 0 radical (unpaired) electrons. The van der Waals surface area contributed by atoms with Gasteiger partial charge in [-0.05, 0) is 41.8 Å². The maximum absolute atomic E-state index is 12.3. The van der Waals surface area contributed by atoms with Crippen LogP contribution in [0.5, 0.6) is 0 Å². The summed E-state index contributed by atoms with van der Waals surface area (Å²) >= 11 is 3.41. The van der Waals surface area contributed by atoms with Crippen molar-refractivity contribution in [1.82, 2.24) is 19.7 Å². The summed E-state index contributed by atoms with van der Waals surface area (Å²) in [6.45, 7) is 5.66. The summed E-state index contributed by atoms with van der Waals surface area (Å²) in [4.78, 5) is 30.3. The molecular formula is C18H23BrN4O3. The molecule has 8 heteroatoms. The molecule has 1 unspecified atom stereocenters. The summed E-state index contributed by atoms with van der Waals surface area (Å²) in [7, 11) is 0. The minimum Gasteiger partial charge on any atom is -0.463 e. The molecule has 2 aromatic rings. The van der Waals surface area contributed by atoms with Crippen LogP contribution < -0.4 is 0 Å². The molecule has 1 aliphatic rings. The Hall–Kier alpha value is -1.96. The average molecular weight is 423 g/mol. The molecule has 1 atom stereocenters. The Balaban J connectivity index is 1.56. The summed E-state index contributed by atoms with van der Waals surface area (Å²) in [5.41, 5.74) is 1.67. The van der Waals surface area contributed by atoms with Crippen molar-refractivity contribution < 1.29 is 14.3 Å². The van der Waals surface area contributed by atoms with E-state index < -0.39 is 0 Å². The first-order chi connectivity index (χ1) is 12.5. The summed E-state index contributed by atoms with van der Waals surface area (Å²) in [5, 5.41) is 5.45. The van der Waals surface area contributed by atoms with Gasteiger partial charge in [-0.15, -0.1) is 0 Å². The predicted molar refractivity (Wildman–Crippen MR) is 101 cm³/mol. The van der Waals surface area contributed by atoms with Crippen LogP contribution in [-0.4, -0.2) is 51.2 Å². The third-order valence-corrected chi connectivity index (χ3v) is 5.13. The highest BCUT2D eigenvalue weighted by atomic mass is 79.9. The highest BCUT2D eigenvalue weighted by Crippen LogP contribution is 2.21. The van der Waals surface area contributed by atoms with Crippen molar-refractivity contribution in [2.45, 2.75) is 39.7 Å². The molecule has 1 aliphatic heterocycles. The van der Waals surface area contributed by atoms with Crippen LogP contribution in [-0.2, 0) is 20.9 Å². The SMILES string of the molecule is CCC(=O)N1CCCC(C(=O)OCCn2nc(C)c3cc(Br)cnc32)C1. The van der Waals surface area contributed by atoms with Crippen LogP contribution in [0.1, 0.15) is 31.9 Å². The van der Waals surface area contributed by atoms with E-state index >= 15 is 0 Å². The fraction of sp³-hybridized carbons (Fsp3) is 0.556. The van der Waals surface area contributed by atoms with E-state index in [9.17, 15) is 9.59 Å². The number of aromatic nitrogens is 3. The third-order valence-electron chi connectivity index (χ3n) is 4.70. The molecule has 0 N–H and O–H groups in total. The number of pyridine rings is 1. The molecule has 7 nitrogen and oxygen atoms in total. The van der Waals surface area contributed by atoms with Crippen molar-refractivity contribution in [3.8, 4) is 0 Å². The molecule has 3 rings (SSSR count). The van der Waals surface area contributed by atoms with Crippen molar-refractivity contribution in [3.63, 3.8) is 0 Å². The molecule has 0 saturated carbocycles. The summed E-state index contributed by atoms with van der Waals surface area (Å²) in [6, 6.07) is 1.98.